The summed E-state index contributed by atoms with van der Waals surface area (Å²) in [7, 11) is 0. The molecule has 0 saturated heterocycles. The smallest absolute Gasteiger partial charge is 0.0462 e. The van der Waals surface area contributed by atoms with E-state index in [2.05, 4.69) is 288 Å². The van der Waals surface area contributed by atoms with Crippen molar-refractivity contribution in [2.45, 2.75) is 0 Å². The maximum absolute atomic E-state index is 2.32. The van der Waals surface area contributed by atoms with Crippen molar-refractivity contribution < 1.29 is 0 Å². The molecule has 0 aromatic heterocycles. The average molecular weight is 808 g/mol. The van der Waals surface area contributed by atoms with Crippen molar-refractivity contribution in [3.63, 3.8) is 0 Å². The SMILES string of the molecule is c1ccc(-c2ccc(N(c3ccccc3)c3ccc(-c4ccc(N(c5ccccc5)c5ccc(-c6ccc(N(c7ccccc7)c7ccccc7)cc6)cc5)cc4)cc3)cc2)cc1. The van der Waals surface area contributed by atoms with Crippen LogP contribution in [0, 0.1) is 0 Å². The largest absolute Gasteiger partial charge is 0.311 e. The summed E-state index contributed by atoms with van der Waals surface area (Å²) in [6.45, 7) is 0. The van der Waals surface area contributed by atoms with Crippen LogP contribution >= 0.6 is 0 Å². The monoisotopic (exact) mass is 807 g/mol. The maximum Gasteiger partial charge on any atom is 0.0462 e. The van der Waals surface area contributed by atoms with Crippen LogP contribution in [0.15, 0.2) is 273 Å². The van der Waals surface area contributed by atoms with Crippen LogP contribution in [0.25, 0.3) is 33.4 Å². The zero-order valence-electron chi connectivity index (χ0n) is 34.8. The van der Waals surface area contributed by atoms with Gasteiger partial charge in [-0.25, -0.2) is 0 Å². The van der Waals surface area contributed by atoms with E-state index in [1.54, 1.807) is 0 Å². The average Bonchev–Trinajstić information content (AvgIpc) is 3.37. The van der Waals surface area contributed by atoms with Crippen molar-refractivity contribution in [1.29, 1.82) is 0 Å². The van der Waals surface area contributed by atoms with E-state index < -0.39 is 0 Å². The Hall–Kier alpha value is -8.40. The fraction of sp³-hybridized carbons (Fsp3) is 0. The Labute approximate surface area is 370 Å². The highest BCUT2D eigenvalue weighted by Gasteiger charge is 2.16. The van der Waals surface area contributed by atoms with E-state index in [0.29, 0.717) is 0 Å². The van der Waals surface area contributed by atoms with Crippen molar-refractivity contribution in [2.24, 2.45) is 0 Å². The van der Waals surface area contributed by atoms with Gasteiger partial charge < -0.3 is 14.7 Å². The number of hydrogen-bond acceptors (Lipinski definition) is 3. The Kier molecular flexibility index (Phi) is 11.1. The molecule has 0 spiro atoms. The lowest BCUT2D eigenvalue weighted by Crippen LogP contribution is -2.10. The molecule has 3 nitrogen and oxygen atoms in total. The van der Waals surface area contributed by atoms with Crippen molar-refractivity contribution >= 4 is 51.2 Å². The van der Waals surface area contributed by atoms with Gasteiger partial charge >= 0.3 is 0 Å². The zero-order chi connectivity index (χ0) is 42.2. The molecule has 10 rings (SSSR count). The van der Waals surface area contributed by atoms with Gasteiger partial charge in [-0.05, 0) is 143 Å². The Morgan fingerprint density at radius 3 is 0.460 bits per heavy atom. The van der Waals surface area contributed by atoms with Gasteiger partial charge in [-0.2, -0.15) is 0 Å². The van der Waals surface area contributed by atoms with Gasteiger partial charge in [0.2, 0.25) is 0 Å². The second-order valence-electron chi connectivity index (χ2n) is 15.4. The highest BCUT2D eigenvalue weighted by atomic mass is 15.2. The molecule has 0 heterocycles. The summed E-state index contributed by atoms with van der Waals surface area (Å²) >= 11 is 0. The van der Waals surface area contributed by atoms with E-state index in [-0.39, 0.29) is 0 Å². The van der Waals surface area contributed by atoms with Gasteiger partial charge in [0.1, 0.15) is 0 Å². The summed E-state index contributed by atoms with van der Waals surface area (Å²) in [6, 6.07) is 97.0. The molecule has 0 fully saturated rings. The van der Waals surface area contributed by atoms with E-state index in [0.717, 1.165) is 67.9 Å². The van der Waals surface area contributed by atoms with Crippen LogP contribution in [0.2, 0.25) is 0 Å². The summed E-state index contributed by atoms with van der Waals surface area (Å²) < 4.78 is 0. The fourth-order valence-electron chi connectivity index (χ4n) is 8.30. The molecular formula is C60H45N3. The van der Waals surface area contributed by atoms with E-state index in [1.165, 1.54) is 16.7 Å². The van der Waals surface area contributed by atoms with Gasteiger partial charge in [0.05, 0.1) is 0 Å². The topological polar surface area (TPSA) is 9.72 Å². The highest BCUT2D eigenvalue weighted by molar-refractivity contribution is 5.83. The number of rotatable bonds is 12. The van der Waals surface area contributed by atoms with Crippen LogP contribution in [0.1, 0.15) is 0 Å². The Balaban J connectivity index is 0.898. The number of hydrogen-bond donors (Lipinski definition) is 0. The third kappa shape index (κ3) is 8.50. The molecule has 300 valence electrons. The predicted octanol–water partition coefficient (Wildman–Crippen LogP) is 17.1. The predicted molar refractivity (Wildman–Crippen MR) is 267 cm³/mol. The summed E-state index contributed by atoms with van der Waals surface area (Å²) in [4.78, 5) is 6.92. The lowest BCUT2D eigenvalue weighted by molar-refractivity contribution is 1.28. The minimum absolute atomic E-state index is 1.09. The second kappa shape index (κ2) is 18.1. The minimum Gasteiger partial charge on any atom is -0.311 e. The first kappa shape index (κ1) is 38.8. The van der Waals surface area contributed by atoms with Gasteiger partial charge in [0.15, 0.2) is 0 Å². The maximum atomic E-state index is 2.32. The molecule has 0 atom stereocenters. The molecule has 0 aliphatic rings. The Bertz CT molecular complexity index is 2940. The molecule has 0 amide bonds. The molecule has 63 heavy (non-hydrogen) atoms. The van der Waals surface area contributed by atoms with Crippen LogP contribution in [0.5, 0.6) is 0 Å². The van der Waals surface area contributed by atoms with Gasteiger partial charge in [-0.1, -0.05) is 164 Å². The van der Waals surface area contributed by atoms with Crippen LogP contribution in [-0.2, 0) is 0 Å². The summed E-state index contributed by atoms with van der Waals surface area (Å²) in [5, 5.41) is 0. The minimum atomic E-state index is 1.09. The standard InChI is InChI=1S/C60H45N3/c1-6-16-46(17-7-1)47-26-36-57(37-27-47)62(54-22-12-4-13-23-54)58-40-32-50(33-41-58)51-34-44-60(45-35-51)63(55-24-14-5-15-25-55)59-42-30-49(31-43-59)48-28-38-56(39-29-48)61(52-18-8-2-9-19-52)53-20-10-3-11-21-53/h1-45H. The van der Waals surface area contributed by atoms with Crippen LogP contribution in [0.3, 0.4) is 0 Å². The molecule has 0 bridgehead atoms. The van der Waals surface area contributed by atoms with Crippen molar-refractivity contribution in [2.75, 3.05) is 14.7 Å². The van der Waals surface area contributed by atoms with E-state index in [9.17, 15) is 0 Å². The normalized spacial score (nSPS) is 10.9. The van der Waals surface area contributed by atoms with Crippen molar-refractivity contribution in [3.05, 3.63) is 273 Å². The van der Waals surface area contributed by atoms with Gasteiger partial charge in [0, 0.05) is 51.2 Å². The van der Waals surface area contributed by atoms with Gasteiger partial charge in [0.25, 0.3) is 0 Å². The number of para-hydroxylation sites is 4. The molecule has 0 N–H and O–H groups in total. The summed E-state index contributed by atoms with van der Waals surface area (Å²) in [5.74, 6) is 0. The zero-order valence-corrected chi connectivity index (χ0v) is 34.8. The molecule has 0 aliphatic carbocycles. The number of nitrogens with zero attached hydrogens (tertiary/aromatic N) is 3. The van der Waals surface area contributed by atoms with Crippen LogP contribution < -0.4 is 14.7 Å². The molecule has 0 radical (unpaired) electrons. The third-order valence-corrected chi connectivity index (χ3v) is 11.5. The molecule has 0 aliphatic heterocycles. The fourth-order valence-corrected chi connectivity index (χ4v) is 8.30. The first-order valence-electron chi connectivity index (χ1n) is 21.4. The number of anilines is 9. The van der Waals surface area contributed by atoms with Gasteiger partial charge in [-0.3, -0.25) is 0 Å². The van der Waals surface area contributed by atoms with Crippen LogP contribution in [0.4, 0.5) is 51.2 Å². The molecule has 10 aromatic rings. The van der Waals surface area contributed by atoms with E-state index >= 15 is 0 Å². The Morgan fingerprint density at radius 2 is 0.270 bits per heavy atom. The third-order valence-electron chi connectivity index (χ3n) is 11.5. The lowest BCUT2D eigenvalue weighted by Gasteiger charge is -2.26. The Morgan fingerprint density at radius 1 is 0.127 bits per heavy atom. The summed E-state index contributed by atoms with van der Waals surface area (Å²) in [6.07, 6.45) is 0. The van der Waals surface area contributed by atoms with Crippen LogP contribution in [-0.4, -0.2) is 0 Å². The second-order valence-corrected chi connectivity index (χ2v) is 15.4. The van der Waals surface area contributed by atoms with E-state index in [1.807, 2.05) is 0 Å². The van der Waals surface area contributed by atoms with Crippen molar-refractivity contribution in [3.8, 4) is 33.4 Å². The highest BCUT2D eigenvalue weighted by Crippen LogP contribution is 2.40. The van der Waals surface area contributed by atoms with Crippen molar-refractivity contribution in [1.82, 2.24) is 0 Å². The number of benzene rings is 10. The molecule has 0 saturated carbocycles. The molecule has 0 unspecified atom stereocenters. The molecule has 10 aromatic carbocycles. The molecular weight excluding hydrogens is 763 g/mol. The van der Waals surface area contributed by atoms with Gasteiger partial charge in [-0.15, -0.1) is 0 Å². The van der Waals surface area contributed by atoms with E-state index in [4.69, 9.17) is 0 Å². The first-order valence-corrected chi connectivity index (χ1v) is 21.4. The quantitative estimate of drug-likeness (QED) is 0.122. The lowest BCUT2D eigenvalue weighted by atomic mass is 10.0. The summed E-state index contributed by atoms with van der Waals surface area (Å²) in [5.41, 5.74) is 17.0. The first-order chi connectivity index (χ1) is 31.2. The molecule has 3 heteroatoms.